The maximum absolute atomic E-state index is 4.39. The van der Waals surface area contributed by atoms with Crippen LogP contribution in [0.1, 0.15) is 11.3 Å². The van der Waals surface area contributed by atoms with Crippen molar-refractivity contribution in [1.29, 1.82) is 0 Å². The molecule has 0 bridgehead atoms. The van der Waals surface area contributed by atoms with E-state index < -0.39 is 0 Å². The Labute approximate surface area is 72.1 Å². The van der Waals surface area contributed by atoms with Crippen LogP contribution in [0.4, 0.5) is 0 Å². The summed E-state index contributed by atoms with van der Waals surface area (Å²) in [5.74, 6) is 0. The van der Waals surface area contributed by atoms with Crippen molar-refractivity contribution in [1.82, 2.24) is 4.98 Å². The molecule has 0 saturated carbocycles. The zero-order chi connectivity index (χ0) is 8.55. The minimum Gasteiger partial charge on any atom is -0.253 e. The Bertz CT molecular complexity index is 377. The second kappa shape index (κ2) is 2.59. The van der Waals surface area contributed by atoms with E-state index in [1.165, 1.54) is 0 Å². The van der Waals surface area contributed by atoms with Gasteiger partial charge >= 0.3 is 0 Å². The van der Waals surface area contributed by atoms with Crippen LogP contribution in [0.25, 0.3) is 10.9 Å². The Morgan fingerprint density at radius 1 is 1.17 bits per heavy atom. The van der Waals surface area contributed by atoms with Crippen LogP contribution in [0, 0.1) is 13.8 Å². The molecule has 12 heavy (non-hydrogen) atoms. The molecular formula is C11H10N. The first-order chi connectivity index (χ1) is 5.75. The highest BCUT2D eigenvalue weighted by Crippen LogP contribution is 2.13. The van der Waals surface area contributed by atoms with Crippen LogP contribution in [-0.2, 0) is 0 Å². The maximum Gasteiger partial charge on any atom is 0.0705 e. The van der Waals surface area contributed by atoms with E-state index in [0.29, 0.717) is 0 Å². The fraction of sp³-hybridized carbons (Fsp3) is 0.0909. The van der Waals surface area contributed by atoms with Crippen LogP contribution in [0.3, 0.4) is 0 Å². The maximum atomic E-state index is 4.39. The molecule has 0 amide bonds. The number of aryl methyl sites for hydroxylation is 1. The highest BCUT2D eigenvalue weighted by molar-refractivity contribution is 5.79. The molecule has 0 aliphatic carbocycles. The van der Waals surface area contributed by atoms with E-state index in [-0.39, 0.29) is 0 Å². The lowest BCUT2D eigenvalue weighted by Gasteiger charge is -1.98. The number of benzene rings is 1. The predicted octanol–water partition coefficient (Wildman–Crippen LogP) is 2.73. The summed E-state index contributed by atoms with van der Waals surface area (Å²) in [6.07, 6.45) is 0. The molecule has 0 aliphatic heterocycles. The molecule has 0 atom stereocenters. The molecule has 0 N–H and O–H groups in total. The highest BCUT2D eigenvalue weighted by Gasteiger charge is 1.94. The lowest BCUT2D eigenvalue weighted by molar-refractivity contribution is 1.25. The van der Waals surface area contributed by atoms with Crippen molar-refractivity contribution in [3.63, 3.8) is 0 Å². The number of nitrogens with zero attached hydrogens (tertiary/aromatic N) is 1. The number of fused-ring (bicyclic) bond motifs is 1. The molecule has 0 saturated heterocycles. The third-order valence-corrected chi connectivity index (χ3v) is 1.89. The highest BCUT2D eigenvalue weighted by atomic mass is 14.7. The third-order valence-electron chi connectivity index (χ3n) is 1.89. The molecule has 1 heterocycles. The summed E-state index contributed by atoms with van der Waals surface area (Å²) in [5.41, 5.74) is 3.13. The Balaban J connectivity index is 2.79. The summed E-state index contributed by atoms with van der Waals surface area (Å²) in [6, 6.07) is 10.1. The van der Waals surface area contributed by atoms with Gasteiger partial charge < -0.3 is 0 Å². The van der Waals surface area contributed by atoms with Crippen LogP contribution >= 0.6 is 0 Å². The number of aromatic nitrogens is 1. The Morgan fingerprint density at radius 3 is 2.83 bits per heavy atom. The molecule has 1 heteroatoms. The first kappa shape index (κ1) is 7.29. The average Bonchev–Trinajstić information content (AvgIpc) is 2.05. The van der Waals surface area contributed by atoms with E-state index in [1.807, 2.05) is 31.2 Å². The predicted molar refractivity (Wildman–Crippen MR) is 50.9 cm³/mol. The first-order valence-corrected chi connectivity index (χ1v) is 3.95. The van der Waals surface area contributed by atoms with Crippen LogP contribution in [0.5, 0.6) is 0 Å². The van der Waals surface area contributed by atoms with Gasteiger partial charge in [-0.05, 0) is 37.6 Å². The van der Waals surface area contributed by atoms with Gasteiger partial charge in [-0.2, -0.15) is 0 Å². The van der Waals surface area contributed by atoms with Gasteiger partial charge in [0, 0.05) is 11.1 Å². The van der Waals surface area contributed by atoms with E-state index in [9.17, 15) is 0 Å². The van der Waals surface area contributed by atoms with Gasteiger partial charge in [-0.15, -0.1) is 0 Å². The molecule has 0 fully saturated rings. The topological polar surface area (TPSA) is 12.9 Å². The monoisotopic (exact) mass is 156 g/mol. The number of hydrogen-bond acceptors (Lipinski definition) is 1. The molecule has 0 aliphatic rings. The summed E-state index contributed by atoms with van der Waals surface area (Å²) in [4.78, 5) is 4.39. The largest absolute Gasteiger partial charge is 0.253 e. The number of hydrogen-bond donors (Lipinski definition) is 0. The van der Waals surface area contributed by atoms with E-state index in [4.69, 9.17) is 0 Å². The van der Waals surface area contributed by atoms with E-state index >= 15 is 0 Å². The average molecular weight is 156 g/mol. The number of rotatable bonds is 0. The summed E-state index contributed by atoms with van der Waals surface area (Å²) in [5, 5.41) is 1.16. The van der Waals surface area contributed by atoms with Crippen molar-refractivity contribution in [3.05, 3.63) is 48.5 Å². The van der Waals surface area contributed by atoms with Gasteiger partial charge in [-0.1, -0.05) is 12.1 Å². The zero-order valence-electron chi connectivity index (χ0n) is 7.04. The molecule has 0 unspecified atom stereocenters. The molecule has 1 radical (unpaired) electrons. The molecule has 59 valence electrons. The molecule has 1 aromatic carbocycles. The van der Waals surface area contributed by atoms with Crippen LogP contribution in [-0.4, -0.2) is 4.98 Å². The van der Waals surface area contributed by atoms with Gasteiger partial charge in [0.05, 0.1) is 5.52 Å². The van der Waals surface area contributed by atoms with Crippen LogP contribution in [0.15, 0.2) is 30.3 Å². The Hall–Kier alpha value is -1.37. The summed E-state index contributed by atoms with van der Waals surface area (Å²) < 4.78 is 0. The Kier molecular flexibility index (Phi) is 1.58. The molecule has 2 aromatic rings. The van der Waals surface area contributed by atoms with Gasteiger partial charge in [-0.25, -0.2) is 0 Å². The van der Waals surface area contributed by atoms with Crippen molar-refractivity contribution in [2.45, 2.75) is 6.92 Å². The van der Waals surface area contributed by atoms with Crippen molar-refractivity contribution < 1.29 is 0 Å². The van der Waals surface area contributed by atoms with E-state index in [0.717, 1.165) is 22.2 Å². The first-order valence-electron chi connectivity index (χ1n) is 3.95. The third kappa shape index (κ3) is 1.18. The molecule has 2 rings (SSSR count). The SMILES string of the molecule is [CH2]c1ccc2nc(C)ccc2c1. The fourth-order valence-corrected chi connectivity index (χ4v) is 1.28. The van der Waals surface area contributed by atoms with Gasteiger partial charge in [-0.3, -0.25) is 4.98 Å². The Morgan fingerprint density at radius 2 is 2.00 bits per heavy atom. The van der Waals surface area contributed by atoms with Crippen LogP contribution < -0.4 is 0 Å². The standard InChI is InChI=1S/C11H10N/c1-8-3-6-11-10(7-8)5-4-9(2)12-11/h3-7H,1H2,2H3. The van der Waals surface area contributed by atoms with Crippen molar-refractivity contribution in [3.8, 4) is 0 Å². The lowest BCUT2D eigenvalue weighted by atomic mass is 10.1. The molecular weight excluding hydrogens is 146 g/mol. The number of pyridine rings is 1. The summed E-state index contributed by atoms with van der Waals surface area (Å²) >= 11 is 0. The fourth-order valence-electron chi connectivity index (χ4n) is 1.28. The van der Waals surface area contributed by atoms with Crippen LogP contribution in [0.2, 0.25) is 0 Å². The lowest BCUT2D eigenvalue weighted by Crippen LogP contribution is -1.82. The molecule has 0 spiro atoms. The van der Waals surface area contributed by atoms with Gasteiger partial charge in [0.2, 0.25) is 0 Å². The smallest absolute Gasteiger partial charge is 0.0705 e. The van der Waals surface area contributed by atoms with Crippen molar-refractivity contribution in [2.75, 3.05) is 0 Å². The summed E-state index contributed by atoms with van der Waals surface area (Å²) in [7, 11) is 0. The zero-order valence-corrected chi connectivity index (χ0v) is 7.04. The minimum atomic E-state index is 1.04. The second-order valence-corrected chi connectivity index (χ2v) is 2.98. The normalized spacial score (nSPS) is 10.5. The minimum absolute atomic E-state index is 1.04. The van der Waals surface area contributed by atoms with E-state index in [2.05, 4.69) is 18.0 Å². The van der Waals surface area contributed by atoms with Gasteiger partial charge in [0.1, 0.15) is 0 Å². The van der Waals surface area contributed by atoms with E-state index in [1.54, 1.807) is 0 Å². The quantitative estimate of drug-likeness (QED) is 0.571. The second-order valence-electron chi connectivity index (χ2n) is 2.98. The summed E-state index contributed by atoms with van der Waals surface area (Å²) in [6.45, 7) is 5.86. The van der Waals surface area contributed by atoms with Crippen molar-refractivity contribution >= 4 is 10.9 Å². The molecule has 1 nitrogen and oxygen atoms in total. The van der Waals surface area contributed by atoms with Gasteiger partial charge in [0.25, 0.3) is 0 Å². The van der Waals surface area contributed by atoms with Crippen molar-refractivity contribution in [2.24, 2.45) is 0 Å². The molecule has 1 aromatic heterocycles. The van der Waals surface area contributed by atoms with Gasteiger partial charge in [0.15, 0.2) is 0 Å².